The Morgan fingerprint density at radius 1 is 1.47 bits per heavy atom. The molecule has 106 valence electrons. The molecule has 3 nitrogen and oxygen atoms in total. The van der Waals surface area contributed by atoms with Gasteiger partial charge < -0.3 is 14.7 Å². The van der Waals surface area contributed by atoms with Gasteiger partial charge in [0.05, 0.1) is 12.7 Å². The highest BCUT2D eigenvalue weighted by molar-refractivity contribution is 5.21. The standard InChI is InChI=1S/C14H19F2NO2/c1-17(10-6-8-19-9-10)7-5-13(18)11-3-2-4-12(15)14(11)16/h2-4,10,13,18H,5-9H2,1H3. The Morgan fingerprint density at radius 3 is 2.95 bits per heavy atom. The predicted octanol–water partition coefficient (Wildman–Crippen LogP) is 2.11. The summed E-state index contributed by atoms with van der Waals surface area (Å²) >= 11 is 0. The van der Waals surface area contributed by atoms with Crippen LogP contribution in [0.3, 0.4) is 0 Å². The lowest BCUT2D eigenvalue weighted by atomic mass is 10.1. The van der Waals surface area contributed by atoms with Crippen LogP contribution >= 0.6 is 0 Å². The molecule has 0 aliphatic carbocycles. The number of rotatable bonds is 5. The van der Waals surface area contributed by atoms with Crippen LogP contribution in [0.5, 0.6) is 0 Å². The van der Waals surface area contributed by atoms with Gasteiger partial charge in [0.2, 0.25) is 0 Å². The van der Waals surface area contributed by atoms with Crippen LogP contribution in [0.15, 0.2) is 18.2 Å². The lowest BCUT2D eigenvalue weighted by Crippen LogP contribution is -2.33. The SMILES string of the molecule is CN(CCC(O)c1cccc(F)c1F)C1CCOC1. The van der Waals surface area contributed by atoms with Gasteiger partial charge in [-0.3, -0.25) is 0 Å². The van der Waals surface area contributed by atoms with E-state index in [0.717, 1.165) is 19.1 Å². The summed E-state index contributed by atoms with van der Waals surface area (Å²) < 4.78 is 31.9. The minimum Gasteiger partial charge on any atom is -0.388 e. The Balaban J connectivity index is 1.90. The molecule has 1 aromatic carbocycles. The number of hydrogen-bond acceptors (Lipinski definition) is 3. The molecule has 1 fully saturated rings. The molecule has 1 aliphatic heterocycles. The molecule has 0 spiro atoms. The summed E-state index contributed by atoms with van der Waals surface area (Å²) in [5, 5.41) is 9.95. The van der Waals surface area contributed by atoms with E-state index in [1.165, 1.54) is 12.1 Å². The van der Waals surface area contributed by atoms with Crippen molar-refractivity contribution < 1.29 is 18.6 Å². The van der Waals surface area contributed by atoms with Gasteiger partial charge >= 0.3 is 0 Å². The Morgan fingerprint density at radius 2 is 2.26 bits per heavy atom. The van der Waals surface area contributed by atoms with Crippen molar-refractivity contribution >= 4 is 0 Å². The van der Waals surface area contributed by atoms with Gasteiger partial charge in [-0.05, 0) is 26.0 Å². The zero-order chi connectivity index (χ0) is 13.8. The number of hydrogen-bond donors (Lipinski definition) is 1. The number of benzene rings is 1. The smallest absolute Gasteiger partial charge is 0.164 e. The van der Waals surface area contributed by atoms with Crippen molar-refractivity contribution in [1.82, 2.24) is 4.90 Å². The molecule has 2 unspecified atom stereocenters. The number of ether oxygens (including phenoxy) is 1. The topological polar surface area (TPSA) is 32.7 Å². The quantitative estimate of drug-likeness (QED) is 0.890. The summed E-state index contributed by atoms with van der Waals surface area (Å²) in [5.74, 6) is -1.88. The fourth-order valence-electron chi connectivity index (χ4n) is 2.31. The van der Waals surface area contributed by atoms with Crippen molar-refractivity contribution in [2.75, 3.05) is 26.8 Å². The third-order valence-electron chi connectivity index (χ3n) is 3.62. The molecule has 1 N–H and O–H groups in total. The van der Waals surface area contributed by atoms with E-state index in [9.17, 15) is 13.9 Å². The summed E-state index contributed by atoms with van der Waals surface area (Å²) in [6, 6.07) is 4.23. The largest absolute Gasteiger partial charge is 0.388 e. The molecule has 1 aliphatic rings. The van der Waals surface area contributed by atoms with E-state index in [2.05, 4.69) is 4.90 Å². The molecule has 19 heavy (non-hydrogen) atoms. The fraction of sp³-hybridized carbons (Fsp3) is 0.571. The lowest BCUT2D eigenvalue weighted by Gasteiger charge is -2.24. The first kappa shape index (κ1) is 14.4. The first-order valence-corrected chi connectivity index (χ1v) is 6.49. The number of halogens is 2. The Kier molecular flexibility index (Phi) is 4.85. The molecule has 2 atom stereocenters. The van der Waals surface area contributed by atoms with Gasteiger partial charge in [0.25, 0.3) is 0 Å². The van der Waals surface area contributed by atoms with Crippen LogP contribution in [0, 0.1) is 11.6 Å². The second-order valence-electron chi connectivity index (χ2n) is 4.95. The van der Waals surface area contributed by atoms with Crippen molar-refractivity contribution in [3.63, 3.8) is 0 Å². The minimum atomic E-state index is -0.986. The molecule has 0 saturated carbocycles. The summed E-state index contributed by atoms with van der Waals surface area (Å²) in [6.07, 6.45) is 0.356. The average Bonchev–Trinajstić information content (AvgIpc) is 2.93. The van der Waals surface area contributed by atoms with Crippen molar-refractivity contribution in [2.24, 2.45) is 0 Å². The number of aliphatic hydroxyl groups excluding tert-OH is 1. The van der Waals surface area contributed by atoms with Crippen LogP contribution in [-0.4, -0.2) is 42.9 Å². The molecule has 0 amide bonds. The van der Waals surface area contributed by atoms with E-state index < -0.39 is 17.7 Å². The minimum absolute atomic E-state index is 0.0241. The van der Waals surface area contributed by atoms with Gasteiger partial charge in [-0.1, -0.05) is 12.1 Å². The van der Waals surface area contributed by atoms with Crippen LogP contribution in [0.4, 0.5) is 8.78 Å². The monoisotopic (exact) mass is 271 g/mol. The maximum absolute atomic E-state index is 13.5. The van der Waals surface area contributed by atoms with Gasteiger partial charge in [0.15, 0.2) is 11.6 Å². The van der Waals surface area contributed by atoms with E-state index in [1.54, 1.807) is 0 Å². The second kappa shape index (κ2) is 6.41. The van der Waals surface area contributed by atoms with E-state index in [-0.39, 0.29) is 5.56 Å². The normalized spacial score (nSPS) is 21.0. The highest BCUT2D eigenvalue weighted by atomic mass is 19.2. The zero-order valence-corrected chi connectivity index (χ0v) is 11.0. The van der Waals surface area contributed by atoms with Gasteiger partial charge in [-0.25, -0.2) is 8.78 Å². The summed E-state index contributed by atoms with van der Waals surface area (Å²) in [7, 11) is 1.95. The molecule has 1 saturated heterocycles. The van der Waals surface area contributed by atoms with E-state index in [1.807, 2.05) is 7.05 Å². The number of aliphatic hydroxyl groups is 1. The number of likely N-dealkylation sites (N-methyl/N-ethyl adjacent to an activating group) is 1. The predicted molar refractivity (Wildman–Crippen MR) is 67.8 cm³/mol. The molecule has 1 heterocycles. The molecule has 0 radical (unpaired) electrons. The highest BCUT2D eigenvalue weighted by Crippen LogP contribution is 2.22. The van der Waals surface area contributed by atoms with Crippen LogP contribution in [0.1, 0.15) is 24.5 Å². The van der Waals surface area contributed by atoms with Gasteiger partial charge in [-0.15, -0.1) is 0 Å². The van der Waals surface area contributed by atoms with Gasteiger partial charge in [-0.2, -0.15) is 0 Å². The molecular formula is C14H19F2NO2. The van der Waals surface area contributed by atoms with Crippen LogP contribution in [-0.2, 0) is 4.74 Å². The molecule has 0 aromatic heterocycles. The van der Waals surface area contributed by atoms with Crippen molar-refractivity contribution in [2.45, 2.75) is 25.0 Å². The van der Waals surface area contributed by atoms with Crippen molar-refractivity contribution in [3.8, 4) is 0 Å². The first-order chi connectivity index (χ1) is 9.09. The third-order valence-corrected chi connectivity index (χ3v) is 3.62. The van der Waals surface area contributed by atoms with Gasteiger partial charge in [0.1, 0.15) is 0 Å². The van der Waals surface area contributed by atoms with Gasteiger partial charge in [0, 0.05) is 24.8 Å². The van der Waals surface area contributed by atoms with Crippen LogP contribution < -0.4 is 0 Å². The number of nitrogens with zero attached hydrogens (tertiary/aromatic N) is 1. The Hall–Kier alpha value is -1.04. The highest BCUT2D eigenvalue weighted by Gasteiger charge is 2.22. The maximum Gasteiger partial charge on any atom is 0.164 e. The molecular weight excluding hydrogens is 252 g/mol. The second-order valence-corrected chi connectivity index (χ2v) is 4.95. The summed E-state index contributed by atoms with van der Waals surface area (Å²) in [5.41, 5.74) is 0.0241. The van der Waals surface area contributed by atoms with Crippen molar-refractivity contribution in [3.05, 3.63) is 35.4 Å². The summed E-state index contributed by atoms with van der Waals surface area (Å²) in [4.78, 5) is 2.09. The zero-order valence-electron chi connectivity index (χ0n) is 11.0. The Labute approximate surface area is 111 Å². The molecule has 1 aromatic rings. The van der Waals surface area contributed by atoms with Crippen molar-refractivity contribution in [1.29, 1.82) is 0 Å². The fourth-order valence-corrected chi connectivity index (χ4v) is 2.31. The molecule has 2 rings (SSSR count). The third kappa shape index (κ3) is 3.49. The van der Waals surface area contributed by atoms with Crippen LogP contribution in [0.2, 0.25) is 0 Å². The molecule has 5 heteroatoms. The lowest BCUT2D eigenvalue weighted by molar-refractivity contribution is 0.122. The van der Waals surface area contributed by atoms with Crippen LogP contribution in [0.25, 0.3) is 0 Å². The van der Waals surface area contributed by atoms with E-state index >= 15 is 0 Å². The van der Waals surface area contributed by atoms with E-state index in [0.29, 0.717) is 25.6 Å². The van der Waals surface area contributed by atoms with E-state index in [4.69, 9.17) is 4.74 Å². The maximum atomic E-state index is 13.5. The summed E-state index contributed by atoms with van der Waals surface area (Å²) in [6.45, 7) is 2.07. The molecule has 0 bridgehead atoms. The first-order valence-electron chi connectivity index (χ1n) is 6.49. The average molecular weight is 271 g/mol. The Bertz CT molecular complexity index is 422.